The van der Waals surface area contributed by atoms with Crippen molar-refractivity contribution in [3.63, 3.8) is 0 Å². The molecule has 4 nitrogen and oxygen atoms in total. The van der Waals surface area contributed by atoms with Crippen LogP contribution in [-0.2, 0) is 13.0 Å². The van der Waals surface area contributed by atoms with Crippen molar-refractivity contribution >= 4 is 17.9 Å². The third kappa shape index (κ3) is 5.52. The first-order chi connectivity index (χ1) is 11.6. The number of imidazole rings is 1. The number of nitrogens with zero attached hydrogens (tertiary/aromatic N) is 2. The van der Waals surface area contributed by atoms with Gasteiger partial charge in [-0.05, 0) is 35.4 Å². The molecule has 6 heteroatoms. The second kappa shape index (κ2) is 8.84. The van der Waals surface area contributed by atoms with Crippen molar-refractivity contribution in [1.82, 2.24) is 9.55 Å². The summed E-state index contributed by atoms with van der Waals surface area (Å²) in [5.41, 5.74) is 7.40. The molecule has 0 amide bonds. The zero-order valence-corrected chi connectivity index (χ0v) is 13.7. The van der Waals surface area contributed by atoms with Gasteiger partial charge in [0.25, 0.3) is 0 Å². The molecule has 3 rings (SSSR count). The lowest BCUT2D eigenvalue weighted by molar-refractivity contribution is 0.626. The highest BCUT2D eigenvalue weighted by Crippen LogP contribution is 2.13. The van der Waals surface area contributed by atoms with E-state index in [1.165, 1.54) is 12.1 Å². The molecule has 0 aliphatic heterocycles. The van der Waals surface area contributed by atoms with E-state index in [1.807, 2.05) is 41.1 Å². The molecule has 0 spiro atoms. The number of benzene rings is 2. The lowest BCUT2D eigenvalue weighted by Crippen LogP contribution is -1.96. The van der Waals surface area contributed by atoms with Gasteiger partial charge in [0.2, 0.25) is 0 Å². The minimum atomic E-state index is -0.215. The Kier molecular flexibility index (Phi) is 6.51. The minimum absolute atomic E-state index is 0.215. The van der Waals surface area contributed by atoms with E-state index < -0.39 is 0 Å². The minimum Gasteiger partial charge on any atom is -0.390 e. The molecule has 0 aliphatic carbocycles. The average Bonchev–Trinajstić information content (AvgIpc) is 2.97. The van der Waals surface area contributed by atoms with Gasteiger partial charge in [-0.3, -0.25) is 5.41 Å². The Hall–Kier alpha value is -2.66. The van der Waals surface area contributed by atoms with Gasteiger partial charge in [-0.15, -0.1) is 0 Å². The predicted molar refractivity (Wildman–Crippen MR) is 95.0 cm³/mol. The second-order valence-electron chi connectivity index (χ2n) is 5.14. The van der Waals surface area contributed by atoms with Gasteiger partial charge in [0.1, 0.15) is 5.82 Å². The Morgan fingerprint density at radius 3 is 2.54 bits per heavy atom. The summed E-state index contributed by atoms with van der Waals surface area (Å²) in [6.07, 6.45) is 5.16. The van der Waals surface area contributed by atoms with E-state index in [1.54, 1.807) is 12.4 Å². The number of hydrogen-bond donors (Lipinski definition) is 2. The fourth-order valence-electron chi connectivity index (χ4n) is 2.24. The molecule has 0 unspecified atom stereocenters. The number of rotatable bonds is 4. The van der Waals surface area contributed by atoms with Crippen molar-refractivity contribution in [2.45, 2.75) is 13.0 Å². The van der Waals surface area contributed by atoms with Crippen molar-refractivity contribution in [3.8, 4) is 0 Å². The molecule has 1 aromatic heterocycles. The summed E-state index contributed by atoms with van der Waals surface area (Å²) in [7, 11) is 0. The highest BCUT2D eigenvalue weighted by atomic mass is 35.5. The molecule has 24 heavy (non-hydrogen) atoms. The SMILES string of the molecule is Fc1cccc(Cc2cn(Cc3ccc(Cl)cc3)cn2)c1.N=CN. The van der Waals surface area contributed by atoms with E-state index >= 15 is 0 Å². The molecular formula is C18H18ClFN4. The normalized spacial score (nSPS) is 9.92. The third-order valence-corrected chi connectivity index (χ3v) is 3.49. The van der Waals surface area contributed by atoms with Crippen LogP contribution in [0, 0.1) is 11.2 Å². The fourth-order valence-corrected chi connectivity index (χ4v) is 2.37. The molecule has 0 saturated carbocycles. The molecule has 1 heterocycles. The van der Waals surface area contributed by atoms with Gasteiger partial charge in [-0.25, -0.2) is 9.37 Å². The summed E-state index contributed by atoms with van der Waals surface area (Å²) in [5, 5.41) is 6.59. The molecule has 3 aromatic rings. The highest BCUT2D eigenvalue weighted by Gasteiger charge is 2.03. The quantitative estimate of drug-likeness (QED) is 0.557. The molecule has 3 N–H and O–H groups in total. The molecule has 0 atom stereocenters. The second-order valence-corrected chi connectivity index (χ2v) is 5.57. The monoisotopic (exact) mass is 344 g/mol. The van der Waals surface area contributed by atoms with E-state index in [0.717, 1.165) is 34.7 Å². The van der Waals surface area contributed by atoms with Crippen LogP contribution in [0.25, 0.3) is 0 Å². The van der Waals surface area contributed by atoms with Crippen molar-refractivity contribution in [2.75, 3.05) is 0 Å². The van der Waals surface area contributed by atoms with Gasteiger partial charge < -0.3 is 10.3 Å². The van der Waals surface area contributed by atoms with E-state index in [9.17, 15) is 4.39 Å². The van der Waals surface area contributed by atoms with Crippen molar-refractivity contribution in [1.29, 1.82) is 5.41 Å². The number of hydrogen-bond acceptors (Lipinski definition) is 2. The first-order valence-electron chi connectivity index (χ1n) is 7.31. The molecule has 0 radical (unpaired) electrons. The summed E-state index contributed by atoms with van der Waals surface area (Å²) in [5.74, 6) is -0.215. The summed E-state index contributed by atoms with van der Waals surface area (Å²) >= 11 is 5.87. The summed E-state index contributed by atoms with van der Waals surface area (Å²) in [6, 6.07) is 14.4. The van der Waals surface area contributed by atoms with Crippen LogP contribution in [-0.4, -0.2) is 15.9 Å². The lowest BCUT2D eigenvalue weighted by Gasteiger charge is -2.02. The smallest absolute Gasteiger partial charge is 0.123 e. The number of nitrogens with one attached hydrogen (secondary N) is 1. The first-order valence-corrected chi connectivity index (χ1v) is 7.68. The van der Waals surface area contributed by atoms with Crippen LogP contribution in [0.5, 0.6) is 0 Å². The average molecular weight is 345 g/mol. The maximum absolute atomic E-state index is 13.2. The number of halogens is 2. The molecule has 0 fully saturated rings. The van der Waals surface area contributed by atoms with E-state index in [0.29, 0.717) is 6.42 Å². The Morgan fingerprint density at radius 1 is 1.17 bits per heavy atom. The molecule has 2 aromatic carbocycles. The van der Waals surface area contributed by atoms with E-state index in [2.05, 4.69) is 10.7 Å². The maximum Gasteiger partial charge on any atom is 0.123 e. The largest absolute Gasteiger partial charge is 0.390 e. The van der Waals surface area contributed by atoms with Crippen LogP contribution >= 0.6 is 11.6 Å². The summed E-state index contributed by atoms with van der Waals surface area (Å²) in [6.45, 7) is 0.743. The van der Waals surface area contributed by atoms with Crippen LogP contribution in [0.3, 0.4) is 0 Å². The van der Waals surface area contributed by atoms with Crippen molar-refractivity contribution in [3.05, 3.63) is 88.7 Å². The van der Waals surface area contributed by atoms with Crippen LogP contribution in [0.1, 0.15) is 16.8 Å². The van der Waals surface area contributed by atoms with Crippen LogP contribution in [0.2, 0.25) is 5.02 Å². The lowest BCUT2D eigenvalue weighted by atomic mass is 10.1. The van der Waals surface area contributed by atoms with Gasteiger partial charge in [0.15, 0.2) is 0 Å². The molecule has 124 valence electrons. The molecule has 0 saturated heterocycles. The Morgan fingerprint density at radius 2 is 1.88 bits per heavy atom. The summed E-state index contributed by atoms with van der Waals surface area (Å²) < 4.78 is 15.2. The molecule has 0 bridgehead atoms. The zero-order chi connectivity index (χ0) is 17.4. The van der Waals surface area contributed by atoms with E-state index in [-0.39, 0.29) is 5.82 Å². The Balaban J connectivity index is 0.000000647. The molecule has 0 aliphatic rings. The Labute approximate surface area is 145 Å². The van der Waals surface area contributed by atoms with Gasteiger partial charge in [-0.2, -0.15) is 0 Å². The van der Waals surface area contributed by atoms with Crippen molar-refractivity contribution in [2.24, 2.45) is 5.73 Å². The van der Waals surface area contributed by atoms with Crippen LogP contribution < -0.4 is 5.73 Å². The number of nitrogens with two attached hydrogens (primary N) is 1. The number of aromatic nitrogens is 2. The first kappa shape index (κ1) is 17.7. The van der Waals surface area contributed by atoms with Crippen LogP contribution in [0.4, 0.5) is 4.39 Å². The third-order valence-electron chi connectivity index (χ3n) is 3.24. The van der Waals surface area contributed by atoms with Crippen molar-refractivity contribution < 1.29 is 4.39 Å². The maximum atomic E-state index is 13.2. The highest BCUT2D eigenvalue weighted by molar-refractivity contribution is 6.30. The van der Waals surface area contributed by atoms with Gasteiger partial charge >= 0.3 is 0 Å². The topological polar surface area (TPSA) is 67.7 Å². The van der Waals surface area contributed by atoms with Crippen LogP contribution in [0.15, 0.2) is 61.1 Å². The van der Waals surface area contributed by atoms with Gasteiger partial charge in [-0.1, -0.05) is 35.9 Å². The molecular weight excluding hydrogens is 327 g/mol. The van der Waals surface area contributed by atoms with E-state index in [4.69, 9.17) is 17.0 Å². The summed E-state index contributed by atoms with van der Waals surface area (Å²) in [4.78, 5) is 4.37. The zero-order valence-electron chi connectivity index (χ0n) is 13.0. The Bertz CT molecular complexity index is 784. The predicted octanol–water partition coefficient (Wildman–Crippen LogP) is 3.87. The van der Waals surface area contributed by atoms with Gasteiger partial charge in [0, 0.05) is 24.2 Å². The standard InChI is InChI=1S/C17H14ClFN2.CH4N2/c18-15-6-4-13(5-7-15)10-21-11-17(20-12-21)9-14-2-1-3-16(19)8-14;2-1-3/h1-8,11-12H,9-10H2;1H,(H3,2,3). The van der Waals surface area contributed by atoms with Gasteiger partial charge in [0.05, 0.1) is 18.4 Å². The fraction of sp³-hybridized carbons (Fsp3) is 0.111.